The Kier molecular flexibility index (Phi) is 5.19. The van der Waals surface area contributed by atoms with Crippen LogP contribution in [0.3, 0.4) is 0 Å². The molecule has 1 atom stereocenters. The zero-order valence-corrected chi connectivity index (χ0v) is 10.8. The summed E-state index contributed by atoms with van der Waals surface area (Å²) in [5.41, 5.74) is 2.70. The summed E-state index contributed by atoms with van der Waals surface area (Å²) in [6.45, 7) is 8.79. The maximum atomic E-state index is 4.19. The quantitative estimate of drug-likeness (QED) is 0.853. The van der Waals surface area contributed by atoms with E-state index in [4.69, 9.17) is 0 Å². The molecular formula is C12H20ClN3. The molecule has 0 amide bonds. The first-order valence-electron chi connectivity index (χ1n) is 5.61. The molecule has 1 aromatic rings. The third-order valence-electron chi connectivity index (χ3n) is 3.16. The molecule has 2 rings (SSSR count). The second-order valence-corrected chi connectivity index (χ2v) is 4.33. The van der Waals surface area contributed by atoms with Crippen molar-refractivity contribution in [2.45, 2.75) is 26.4 Å². The van der Waals surface area contributed by atoms with Crippen LogP contribution in [-0.4, -0.2) is 35.6 Å². The molecule has 1 saturated heterocycles. The Bertz CT molecular complexity index is 330. The minimum atomic E-state index is 0. The number of pyridine rings is 1. The molecule has 0 aliphatic carbocycles. The van der Waals surface area contributed by atoms with Gasteiger partial charge in [0.25, 0.3) is 0 Å². The van der Waals surface area contributed by atoms with Crippen molar-refractivity contribution in [1.82, 2.24) is 15.2 Å². The van der Waals surface area contributed by atoms with Gasteiger partial charge in [0.05, 0.1) is 0 Å². The van der Waals surface area contributed by atoms with Crippen LogP contribution in [0.1, 0.15) is 18.1 Å². The van der Waals surface area contributed by atoms with Gasteiger partial charge in [0, 0.05) is 44.6 Å². The minimum absolute atomic E-state index is 0. The van der Waals surface area contributed by atoms with Crippen molar-refractivity contribution in [3.8, 4) is 0 Å². The van der Waals surface area contributed by atoms with Gasteiger partial charge in [0.15, 0.2) is 0 Å². The first kappa shape index (κ1) is 13.4. The van der Waals surface area contributed by atoms with E-state index in [1.165, 1.54) is 11.1 Å². The molecule has 1 aliphatic rings. The van der Waals surface area contributed by atoms with E-state index in [1.807, 2.05) is 12.4 Å². The van der Waals surface area contributed by atoms with Crippen molar-refractivity contribution in [2.75, 3.05) is 19.6 Å². The van der Waals surface area contributed by atoms with E-state index in [1.54, 1.807) is 0 Å². The molecule has 4 heteroatoms. The van der Waals surface area contributed by atoms with E-state index in [0.29, 0.717) is 6.04 Å². The fourth-order valence-corrected chi connectivity index (χ4v) is 2.00. The van der Waals surface area contributed by atoms with Gasteiger partial charge in [-0.1, -0.05) is 0 Å². The summed E-state index contributed by atoms with van der Waals surface area (Å²) in [4.78, 5) is 6.71. The van der Waals surface area contributed by atoms with Gasteiger partial charge < -0.3 is 5.32 Å². The fourth-order valence-electron chi connectivity index (χ4n) is 2.00. The van der Waals surface area contributed by atoms with Crippen molar-refractivity contribution in [3.05, 3.63) is 29.6 Å². The van der Waals surface area contributed by atoms with Crippen molar-refractivity contribution in [2.24, 2.45) is 0 Å². The van der Waals surface area contributed by atoms with Crippen LogP contribution >= 0.6 is 12.4 Å². The molecule has 1 aromatic heterocycles. The second-order valence-electron chi connectivity index (χ2n) is 4.33. The molecule has 0 saturated carbocycles. The van der Waals surface area contributed by atoms with Gasteiger partial charge in [-0.3, -0.25) is 9.88 Å². The lowest BCUT2D eigenvalue weighted by atomic mass is 10.1. The minimum Gasteiger partial charge on any atom is -0.314 e. The summed E-state index contributed by atoms with van der Waals surface area (Å²) >= 11 is 0. The normalized spacial score (nSPS) is 21.5. The molecule has 3 nitrogen and oxygen atoms in total. The Morgan fingerprint density at radius 3 is 3.06 bits per heavy atom. The maximum absolute atomic E-state index is 4.19. The van der Waals surface area contributed by atoms with E-state index in [-0.39, 0.29) is 12.4 Å². The number of nitrogens with zero attached hydrogens (tertiary/aromatic N) is 2. The topological polar surface area (TPSA) is 28.2 Å². The highest BCUT2D eigenvalue weighted by Gasteiger charge is 2.18. The zero-order chi connectivity index (χ0) is 10.7. The van der Waals surface area contributed by atoms with Gasteiger partial charge in [0.1, 0.15) is 0 Å². The molecule has 2 heterocycles. The number of hydrogen-bond acceptors (Lipinski definition) is 3. The lowest BCUT2D eigenvalue weighted by Gasteiger charge is -2.34. The summed E-state index contributed by atoms with van der Waals surface area (Å²) < 4.78 is 0. The molecular weight excluding hydrogens is 222 g/mol. The van der Waals surface area contributed by atoms with E-state index in [9.17, 15) is 0 Å². The van der Waals surface area contributed by atoms with Crippen LogP contribution in [0.5, 0.6) is 0 Å². The molecule has 0 radical (unpaired) electrons. The van der Waals surface area contributed by atoms with E-state index >= 15 is 0 Å². The van der Waals surface area contributed by atoms with Crippen molar-refractivity contribution < 1.29 is 0 Å². The van der Waals surface area contributed by atoms with Crippen LogP contribution < -0.4 is 5.32 Å². The van der Waals surface area contributed by atoms with Gasteiger partial charge in [-0.05, 0) is 31.0 Å². The summed E-state index contributed by atoms with van der Waals surface area (Å²) in [6.07, 6.45) is 3.85. The molecule has 16 heavy (non-hydrogen) atoms. The predicted octanol–water partition coefficient (Wildman–Crippen LogP) is 1.61. The number of aromatic nitrogens is 1. The highest BCUT2D eigenvalue weighted by atomic mass is 35.5. The van der Waals surface area contributed by atoms with Gasteiger partial charge in [-0.15, -0.1) is 12.4 Å². The Morgan fingerprint density at radius 1 is 1.56 bits per heavy atom. The predicted molar refractivity (Wildman–Crippen MR) is 69.0 cm³/mol. The second kappa shape index (κ2) is 6.18. The molecule has 1 fully saturated rings. The van der Waals surface area contributed by atoms with Gasteiger partial charge >= 0.3 is 0 Å². The third-order valence-corrected chi connectivity index (χ3v) is 3.16. The van der Waals surface area contributed by atoms with Crippen LogP contribution in [0.15, 0.2) is 18.5 Å². The Morgan fingerprint density at radius 2 is 2.38 bits per heavy atom. The lowest BCUT2D eigenvalue weighted by Crippen LogP contribution is -2.49. The highest BCUT2D eigenvalue weighted by molar-refractivity contribution is 5.85. The maximum Gasteiger partial charge on any atom is 0.0315 e. The van der Waals surface area contributed by atoms with Gasteiger partial charge in [0.2, 0.25) is 0 Å². The first-order valence-corrected chi connectivity index (χ1v) is 5.61. The van der Waals surface area contributed by atoms with Crippen molar-refractivity contribution in [1.29, 1.82) is 0 Å². The number of aryl methyl sites for hydroxylation is 1. The smallest absolute Gasteiger partial charge is 0.0315 e. The Balaban J connectivity index is 0.00000128. The SMILES string of the molecule is Cc1ccncc1CN1CCNC[C@@H]1C.Cl. The van der Waals surface area contributed by atoms with E-state index < -0.39 is 0 Å². The zero-order valence-electron chi connectivity index (χ0n) is 9.94. The number of piperazine rings is 1. The Hall–Kier alpha value is -0.640. The standard InChI is InChI=1S/C12H19N3.ClH/c1-10-3-4-13-8-12(10)9-15-6-5-14-7-11(15)2;/h3-4,8,11,14H,5-7,9H2,1-2H3;1H/t11-;/m0./s1. The first-order chi connectivity index (χ1) is 7.27. The van der Waals surface area contributed by atoms with Crippen molar-refractivity contribution in [3.63, 3.8) is 0 Å². The van der Waals surface area contributed by atoms with E-state index in [0.717, 1.165) is 26.2 Å². The van der Waals surface area contributed by atoms with E-state index in [2.05, 4.69) is 35.1 Å². The van der Waals surface area contributed by atoms with Crippen LogP contribution in [0.25, 0.3) is 0 Å². The monoisotopic (exact) mass is 241 g/mol. The molecule has 0 unspecified atom stereocenters. The van der Waals surface area contributed by atoms with Crippen LogP contribution in [0.4, 0.5) is 0 Å². The summed E-state index contributed by atoms with van der Waals surface area (Å²) in [6, 6.07) is 2.71. The average Bonchev–Trinajstić information content (AvgIpc) is 2.24. The summed E-state index contributed by atoms with van der Waals surface area (Å²) in [5, 5.41) is 3.41. The third kappa shape index (κ3) is 3.17. The van der Waals surface area contributed by atoms with Crippen LogP contribution in [0.2, 0.25) is 0 Å². The van der Waals surface area contributed by atoms with Crippen LogP contribution in [0, 0.1) is 6.92 Å². The van der Waals surface area contributed by atoms with Gasteiger partial charge in [-0.2, -0.15) is 0 Å². The summed E-state index contributed by atoms with van der Waals surface area (Å²) in [7, 11) is 0. The number of rotatable bonds is 2. The Labute approximate surface area is 104 Å². The lowest BCUT2D eigenvalue weighted by molar-refractivity contribution is 0.165. The molecule has 1 N–H and O–H groups in total. The molecule has 0 bridgehead atoms. The van der Waals surface area contributed by atoms with Gasteiger partial charge in [-0.25, -0.2) is 0 Å². The largest absolute Gasteiger partial charge is 0.314 e. The number of halogens is 1. The highest BCUT2D eigenvalue weighted by Crippen LogP contribution is 2.12. The fraction of sp³-hybridized carbons (Fsp3) is 0.583. The molecule has 1 aliphatic heterocycles. The van der Waals surface area contributed by atoms with Crippen LogP contribution in [-0.2, 0) is 6.54 Å². The average molecular weight is 242 g/mol. The number of nitrogens with one attached hydrogen (secondary N) is 1. The van der Waals surface area contributed by atoms with Crippen molar-refractivity contribution >= 4 is 12.4 Å². The molecule has 90 valence electrons. The summed E-state index contributed by atoms with van der Waals surface area (Å²) in [5.74, 6) is 0. The molecule has 0 spiro atoms. The number of hydrogen-bond donors (Lipinski definition) is 1. The molecule has 0 aromatic carbocycles.